The van der Waals surface area contributed by atoms with Crippen LogP contribution in [0.4, 0.5) is 0 Å². The molecular formula is C7H9NO3S. The second-order valence-electron chi connectivity index (χ2n) is 2.18. The molecule has 1 amide bonds. The molecule has 5 heteroatoms. The summed E-state index contributed by atoms with van der Waals surface area (Å²) < 4.78 is 5.07. The average Bonchev–Trinajstić information content (AvgIpc) is 2.45. The molecule has 1 aromatic heterocycles. The first kappa shape index (κ1) is 9.15. The maximum atomic E-state index is 10.8. The molecule has 2 N–H and O–H groups in total. The fraction of sp³-hybridized carbons (Fsp3) is 0.286. The van der Waals surface area contributed by atoms with Gasteiger partial charge in [0.25, 0.3) is 0 Å². The Morgan fingerprint density at radius 3 is 2.83 bits per heavy atom. The lowest BCUT2D eigenvalue weighted by atomic mass is 10.4. The fourth-order valence-corrected chi connectivity index (χ4v) is 1.39. The predicted octanol–water partition coefficient (Wildman–Crippen LogP) is 1.43. The van der Waals surface area contributed by atoms with E-state index >= 15 is 0 Å². The number of hydroxylamine groups is 1. The maximum absolute atomic E-state index is 10.8. The number of amides is 1. The number of carbonyl (C=O) groups excluding carboxylic acids is 1. The number of rotatable bonds is 2. The molecule has 0 aliphatic heterocycles. The third-order valence-corrected chi connectivity index (χ3v) is 2.26. The van der Waals surface area contributed by atoms with Crippen LogP contribution < -0.4 is 5.48 Å². The van der Waals surface area contributed by atoms with Gasteiger partial charge in [-0.3, -0.25) is 10.0 Å². The van der Waals surface area contributed by atoms with Crippen molar-refractivity contribution in [3.05, 3.63) is 17.6 Å². The summed E-state index contributed by atoms with van der Waals surface area (Å²) in [5, 5.41) is 8.29. The maximum Gasteiger partial charge on any atom is 0.310 e. The molecule has 0 aliphatic carbocycles. The van der Waals surface area contributed by atoms with Gasteiger partial charge in [-0.15, -0.1) is 11.8 Å². The number of aryl methyl sites for hydroxylation is 1. The Balaban J connectivity index is 2.96. The number of hydrogen-bond acceptors (Lipinski definition) is 4. The van der Waals surface area contributed by atoms with E-state index in [9.17, 15) is 4.79 Å². The zero-order valence-corrected chi connectivity index (χ0v) is 7.57. The van der Waals surface area contributed by atoms with Gasteiger partial charge in [-0.1, -0.05) is 0 Å². The zero-order valence-electron chi connectivity index (χ0n) is 6.75. The van der Waals surface area contributed by atoms with Crippen molar-refractivity contribution in [3.8, 4) is 0 Å². The van der Waals surface area contributed by atoms with Crippen molar-refractivity contribution in [2.45, 2.75) is 11.8 Å². The van der Waals surface area contributed by atoms with Gasteiger partial charge in [0.15, 0.2) is 5.76 Å². The summed E-state index contributed by atoms with van der Waals surface area (Å²) in [5.41, 5.74) is 1.50. The second kappa shape index (κ2) is 3.64. The molecule has 0 atom stereocenters. The summed E-state index contributed by atoms with van der Waals surface area (Å²) in [5.74, 6) is 0.179. The normalized spacial score (nSPS) is 9.92. The smallest absolute Gasteiger partial charge is 0.310 e. The second-order valence-corrected chi connectivity index (χ2v) is 3.02. The molecule has 0 aliphatic rings. The van der Waals surface area contributed by atoms with E-state index in [1.165, 1.54) is 17.2 Å². The van der Waals surface area contributed by atoms with Crippen LogP contribution in [0.5, 0.6) is 0 Å². The largest absolute Gasteiger partial charge is 0.455 e. The Morgan fingerprint density at radius 1 is 1.75 bits per heavy atom. The number of furan rings is 1. The highest BCUT2D eigenvalue weighted by molar-refractivity contribution is 7.98. The molecule has 1 rings (SSSR count). The quantitative estimate of drug-likeness (QED) is 0.417. The minimum Gasteiger partial charge on any atom is -0.455 e. The Morgan fingerprint density at radius 2 is 2.42 bits per heavy atom. The Labute approximate surface area is 73.9 Å². The highest BCUT2D eigenvalue weighted by Crippen LogP contribution is 2.23. The molecule has 0 bridgehead atoms. The minimum atomic E-state index is -0.626. The van der Waals surface area contributed by atoms with E-state index in [-0.39, 0.29) is 5.76 Å². The van der Waals surface area contributed by atoms with Crippen LogP contribution in [0.1, 0.15) is 16.3 Å². The van der Waals surface area contributed by atoms with Gasteiger partial charge in [0.05, 0.1) is 0 Å². The van der Waals surface area contributed by atoms with Crippen LogP contribution in [-0.4, -0.2) is 17.4 Å². The lowest BCUT2D eigenvalue weighted by Gasteiger charge is -1.89. The minimum absolute atomic E-state index is 0.124. The van der Waals surface area contributed by atoms with Crippen molar-refractivity contribution < 1.29 is 14.4 Å². The van der Waals surface area contributed by atoms with Crippen LogP contribution in [0.3, 0.4) is 0 Å². The third-order valence-electron chi connectivity index (χ3n) is 1.42. The third kappa shape index (κ3) is 1.62. The van der Waals surface area contributed by atoms with Crippen molar-refractivity contribution in [3.63, 3.8) is 0 Å². The van der Waals surface area contributed by atoms with E-state index in [4.69, 9.17) is 9.62 Å². The Kier molecular flexibility index (Phi) is 2.78. The van der Waals surface area contributed by atoms with Crippen LogP contribution in [0.25, 0.3) is 0 Å². The highest BCUT2D eigenvalue weighted by Gasteiger charge is 2.12. The van der Waals surface area contributed by atoms with E-state index in [1.54, 1.807) is 13.0 Å². The van der Waals surface area contributed by atoms with Crippen LogP contribution in [0, 0.1) is 6.92 Å². The summed E-state index contributed by atoms with van der Waals surface area (Å²) in [4.78, 5) is 11.7. The van der Waals surface area contributed by atoms with Gasteiger partial charge in [0.1, 0.15) is 5.76 Å². The van der Waals surface area contributed by atoms with Gasteiger partial charge >= 0.3 is 5.91 Å². The van der Waals surface area contributed by atoms with Gasteiger partial charge in [-0.2, -0.15) is 0 Å². The van der Waals surface area contributed by atoms with Crippen molar-refractivity contribution in [1.82, 2.24) is 5.48 Å². The van der Waals surface area contributed by atoms with Gasteiger partial charge in [0, 0.05) is 11.0 Å². The van der Waals surface area contributed by atoms with Crippen molar-refractivity contribution in [1.29, 1.82) is 0 Å². The molecule has 66 valence electrons. The number of carbonyl (C=O) groups is 1. The SMILES string of the molecule is CSc1cc(C(=O)NO)oc1C. The van der Waals surface area contributed by atoms with Crippen LogP contribution >= 0.6 is 11.8 Å². The molecule has 0 unspecified atom stereocenters. The summed E-state index contributed by atoms with van der Waals surface area (Å²) in [7, 11) is 0. The molecule has 0 radical (unpaired) electrons. The van der Waals surface area contributed by atoms with Gasteiger partial charge in [-0.05, 0) is 13.2 Å². The van der Waals surface area contributed by atoms with Crippen molar-refractivity contribution in [2.24, 2.45) is 0 Å². The van der Waals surface area contributed by atoms with E-state index in [0.717, 1.165) is 4.90 Å². The van der Waals surface area contributed by atoms with Gasteiger partial charge in [0.2, 0.25) is 0 Å². The predicted molar refractivity (Wildman–Crippen MR) is 44.5 cm³/mol. The molecule has 0 saturated carbocycles. The number of thioether (sulfide) groups is 1. The number of nitrogens with one attached hydrogen (secondary N) is 1. The first-order valence-corrected chi connectivity index (χ1v) is 4.50. The topological polar surface area (TPSA) is 62.5 Å². The summed E-state index contributed by atoms with van der Waals surface area (Å²) >= 11 is 1.49. The zero-order chi connectivity index (χ0) is 9.14. The van der Waals surface area contributed by atoms with E-state index < -0.39 is 5.91 Å². The Bertz CT molecular complexity index is 295. The summed E-state index contributed by atoms with van der Waals surface area (Å²) in [6, 6.07) is 1.59. The van der Waals surface area contributed by atoms with Crippen LogP contribution in [0.15, 0.2) is 15.4 Å². The molecule has 0 saturated heterocycles. The summed E-state index contributed by atoms with van der Waals surface area (Å²) in [6.45, 7) is 1.76. The van der Waals surface area contributed by atoms with Crippen LogP contribution in [0.2, 0.25) is 0 Å². The lowest BCUT2D eigenvalue weighted by molar-refractivity contribution is 0.0675. The van der Waals surface area contributed by atoms with Crippen LogP contribution in [-0.2, 0) is 0 Å². The Hall–Kier alpha value is -0.940. The average molecular weight is 187 g/mol. The van der Waals surface area contributed by atoms with Crippen molar-refractivity contribution in [2.75, 3.05) is 6.26 Å². The molecule has 0 aromatic carbocycles. The molecule has 12 heavy (non-hydrogen) atoms. The van der Waals surface area contributed by atoms with Crippen molar-refractivity contribution >= 4 is 17.7 Å². The highest BCUT2D eigenvalue weighted by atomic mass is 32.2. The number of hydrogen-bond donors (Lipinski definition) is 2. The molecule has 1 aromatic rings. The fourth-order valence-electron chi connectivity index (χ4n) is 0.835. The van der Waals surface area contributed by atoms with E-state index in [0.29, 0.717) is 5.76 Å². The monoisotopic (exact) mass is 187 g/mol. The summed E-state index contributed by atoms with van der Waals surface area (Å²) in [6.07, 6.45) is 1.89. The standard InChI is InChI=1S/C7H9NO3S/c1-4-6(12-2)3-5(11-4)7(9)8-10/h3,10H,1-2H3,(H,8,9). The lowest BCUT2D eigenvalue weighted by Crippen LogP contribution is -2.17. The van der Waals surface area contributed by atoms with E-state index in [2.05, 4.69) is 0 Å². The first-order chi connectivity index (χ1) is 5.69. The van der Waals surface area contributed by atoms with Gasteiger partial charge in [-0.25, -0.2) is 5.48 Å². The molecule has 0 fully saturated rings. The van der Waals surface area contributed by atoms with Gasteiger partial charge < -0.3 is 4.42 Å². The molecule has 0 spiro atoms. The first-order valence-electron chi connectivity index (χ1n) is 3.28. The molecule has 1 heterocycles. The molecular weight excluding hydrogens is 178 g/mol. The molecule has 4 nitrogen and oxygen atoms in total. The van der Waals surface area contributed by atoms with E-state index in [1.807, 2.05) is 6.26 Å².